The van der Waals surface area contributed by atoms with Gasteiger partial charge in [-0.15, -0.1) is 0 Å². The van der Waals surface area contributed by atoms with Crippen molar-refractivity contribution in [1.82, 2.24) is 5.43 Å². The van der Waals surface area contributed by atoms with Gasteiger partial charge in [-0.3, -0.25) is 4.79 Å². The molecule has 0 aliphatic carbocycles. The molecule has 4 rings (SSSR count). The van der Waals surface area contributed by atoms with Crippen LogP contribution in [0.5, 0.6) is 5.75 Å². The molecule has 0 saturated carbocycles. The molecule has 6 heteroatoms. The summed E-state index contributed by atoms with van der Waals surface area (Å²) in [5.41, 5.74) is 4.92. The second kappa shape index (κ2) is 9.77. The summed E-state index contributed by atoms with van der Waals surface area (Å²) in [6.45, 7) is 0.391. The molecule has 31 heavy (non-hydrogen) atoms. The Bertz CT molecular complexity index is 1250. The highest BCUT2D eigenvalue weighted by Crippen LogP contribution is 2.23. The number of carbonyl (C=O) groups excluding carboxylic acids is 1. The van der Waals surface area contributed by atoms with Crippen LogP contribution in [0.15, 0.2) is 94.5 Å². The number of benzene rings is 4. The zero-order valence-corrected chi connectivity index (χ0v) is 18.7. The molecule has 0 radical (unpaired) electrons. The average molecular weight is 494 g/mol. The third-order valence-electron chi connectivity index (χ3n) is 4.68. The molecule has 0 aliphatic rings. The Morgan fingerprint density at radius 2 is 1.77 bits per heavy atom. The van der Waals surface area contributed by atoms with E-state index in [4.69, 9.17) is 16.3 Å². The second-order valence-corrected chi connectivity index (χ2v) is 8.18. The Hall–Kier alpha value is -3.15. The molecular formula is C25H18BrClN2O2. The van der Waals surface area contributed by atoms with E-state index in [-0.39, 0.29) is 5.91 Å². The molecule has 1 N–H and O–H groups in total. The largest absolute Gasteiger partial charge is 0.488 e. The Labute approximate surface area is 193 Å². The first-order valence-electron chi connectivity index (χ1n) is 9.58. The number of halogens is 2. The van der Waals surface area contributed by atoms with E-state index in [1.54, 1.807) is 12.3 Å². The van der Waals surface area contributed by atoms with Crippen LogP contribution in [0.25, 0.3) is 10.8 Å². The van der Waals surface area contributed by atoms with Gasteiger partial charge in [0.25, 0.3) is 5.91 Å². The van der Waals surface area contributed by atoms with Crippen molar-refractivity contribution in [2.75, 3.05) is 0 Å². The molecular weight excluding hydrogens is 476 g/mol. The van der Waals surface area contributed by atoms with Crippen LogP contribution in [0, 0.1) is 0 Å². The molecule has 0 fully saturated rings. The molecule has 0 atom stereocenters. The lowest BCUT2D eigenvalue weighted by Gasteiger charge is -2.10. The summed E-state index contributed by atoms with van der Waals surface area (Å²) in [4.78, 5) is 12.7. The van der Waals surface area contributed by atoms with Gasteiger partial charge >= 0.3 is 0 Å². The van der Waals surface area contributed by atoms with Crippen LogP contribution in [-0.2, 0) is 6.61 Å². The number of fused-ring (bicyclic) bond motifs is 1. The van der Waals surface area contributed by atoms with Gasteiger partial charge in [-0.05, 0) is 52.7 Å². The van der Waals surface area contributed by atoms with Crippen molar-refractivity contribution in [1.29, 1.82) is 0 Å². The Balaban J connectivity index is 1.48. The lowest BCUT2D eigenvalue weighted by molar-refractivity contribution is 0.0957. The van der Waals surface area contributed by atoms with Crippen molar-refractivity contribution in [3.63, 3.8) is 0 Å². The van der Waals surface area contributed by atoms with Crippen LogP contribution >= 0.6 is 27.5 Å². The Morgan fingerprint density at radius 1 is 1.00 bits per heavy atom. The Morgan fingerprint density at radius 3 is 2.61 bits per heavy atom. The molecule has 4 aromatic carbocycles. The minimum Gasteiger partial charge on any atom is -0.488 e. The molecule has 0 bridgehead atoms. The number of ether oxygens (including phenoxy) is 1. The van der Waals surface area contributed by atoms with Gasteiger partial charge < -0.3 is 4.74 Å². The number of hydrogen-bond donors (Lipinski definition) is 1. The molecule has 154 valence electrons. The van der Waals surface area contributed by atoms with Gasteiger partial charge in [-0.25, -0.2) is 5.43 Å². The predicted molar refractivity (Wildman–Crippen MR) is 129 cm³/mol. The van der Waals surface area contributed by atoms with Gasteiger partial charge in [0, 0.05) is 20.6 Å². The number of rotatable bonds is 6. The quantitative estimate of drug-likeness (QED) is 0.243. The maximum Gasteiger partial charge on any atom is 0.271 e. The van der Waals surface area contributed by atoms with Gasteiger partial charge in [-0.2, -0.15) is 5.10 Å². The summed E-state index contributed by atoms with van der Waals surface area (Å²) < 4.78 is 6.83. The van der Waals surface area contributed by atoms with E-state index < -0.39 is 0 Å². The molecule has 0 spiro atoms. The fraction of sp³-hybridized carbons (Fsp3) is 0.0400. The monoisotopic (exact) mass is 492 g/mol. The lowest BCUT2D eigenvalue weighted by atomic mass is 10.0. The van der Waals surface area contributed by atoms with Gasteiger partial charge in [0.2, 0.25) is 0 Å². The maximum atomic E-state index is 12.7. The van der Waals surface area contributed by atoms with Crippen LogP contribution in [0.4, 0.5) is 0 Å². The Kier molecular flexibility index (Phi) is 6.65. The van der Waals surface area contributed by atoms with Gasteiger partial charge in [0.1, 0.15) is 12.4 Å². The fourth-order valence-electron chi connectivity index (χ4n) is 3.14. The number of hydrazone groups is 1. The highest BCUT2D eigenvalue weighted by Gasteiger charge is 2.09. The van der Waals surface area contributed by atoms with E-state index in [2.05, 4.69) is 26.5 Å². The third kappa shape index (κ3) is 5.32. The first-order chi connectivity index (χ1) is 15.1. The zero-order valence-electron chi connectivity index (χ0n) is 16.4. The first-order valence-corrected chi connectivity index (χ1v) is 10.8. The average Bonchev–Trinajstić information content (AvgIpc) is 2.79. The minimum atomic E-state index is -0.272. The minimum absolute atomic E-state index is 0.272. The summed E-state index contributed by atoms with van der Waals surface area (Å²) in [7, 11) is 0. The first kappa shape index (κ1) is 21.1. The molecule has 4 aromatic rings. The number of hydrogen-bond acceptors (Lipinski definition) is 3. The van der Waals surface area contributed by atoms with Crippen molar-refractivity contribution < 1.29 is 9.53 Å². The summed E-state index contributed by atoms with van der Waals surface area (Å²) in [5, 5.41) is 6.72. The maximum absolute atomic E-state index is 12.7. The second-order valence-electron chi connectivity index (χ2n) is 6.82. The number of amides is 1. The lowest BCUT2D eigenvalue weighted by Crippen LogP contribution is -2.18. The van der Waals surface area contributed by atoms with Crippen LogP contribution < -0.4 is 10.2 Å². The van der Waals surface area contributed by atoms with E-state index in [0.29, 0.717) is 22.9 Å². The van der Waals surface area contributed by atoms with Crippen molar-refractivity contribution >= 4 is 50.4 Å². The highest BCUT2D eigenvalue weighted by atomic mass is 79.9. The molecule has 1 amide bonds. The molecule has 0 aliphatic heterocycles. The fourth-order valence-corrected chi connectivity index (χ4v) is 3.64. The summed E-state index contributed by atoms with van der Waals surface area (Å²) in [5.74, 6) is 0.382. The topological polar surface area (TPSA) is 50.7 Å². The van der Waals surface area contributed by atoms with Gasteiger partial charge in [-0.1, -0.05) is 76.1 Å². The normalized spacial score (nSPS) is 11.0. The molecule has 0 heterocycles. The SMILES string of the molecule is O=C(N/N=C\c1cc(Br)ccc1OCc1ccc(Cl)cc1)c1cccc2ccccc12. The zero-order chi connectivity index (χ0) is 21.6. The van der Waals surface area contributed by atoms with E-state index in [1.165, 1.54) is 0 Å². The van der Waals surface area contributed by atoms with Crippen molar-refractivity contribution in [2.24, 2.45) is 5.10 Å². The number of nitrogens with one attached hydrogen (secondary N) is 1. The molecule has 4 nitrogen and oxygen atoms in total. The van der Waals surface area contributed by atoms with E-state index in [1.807, 2.05) is 78.9 Å². The molecule has 0 aromatic heterocycles. The van der Waals surface area contributed by atoms with Crippen LogP contribution in [0.3, 0.4) is 0 Å². The van der Waals surface area contributed by atoms with Gasteiger partial charge in [0.05, 0.1) is 6.21 Å². The van der Waals surface area contributed by atoms with E-state index >= 15 is 0 Å². The van der Waals surface area contributed by atoms with Crippen molar-refractivity contribution in [2.45, 2.75) is 6.61 Å². The smallest absolute Gasteiger partial charge is 0.271 e. The summed E-state index contributed by atoms with van der Waals surface area (Å²) >= 11 is 9.40. The molecule has 0 saturated heterocycles. The number of nitrogens with zero attached hydrogens (tertiary/aromatic N) is 1. The van der Waals surface area contributed by atoms with E-state index in [0.717, 1.165) is 26.4 Å². The van der Waals surface area contributed by atoms with Gasteiger partial charge in [0.15, 0.2) is 0 Å². The standard InChI is InChI=1S/C25H18BrClN2O2/c26-20-10-13-24(31-16-17-8-11-21(27)12-9-17)19(14-20)15-28-29-25(30)23-7-3-5-18-4-1-2-6-22(18)23/h1-15H,16H2,(H,29,30)/b28-15-. The van der Waals surface area contributed by atoms with Crippen LogP contribution in [0.1, 0.15) is 21.5 Å². The van der Waals surface area contributed by atoms with Crippen molar-refractivity contribution in [3.05, 3.63) is 111 Å². The van der Waals surface area contributed by atoms with Crippen LogP contribution in [-0.4, -0.2) is 12.1 Å². The predicted octanol–water partition coefficient (Wildman–Crippen LogP) is 6.60. The highest BCUT2D eigenvalue weighted by molar-refractivity contribution is 9.10. The van der Waals surface area contributed by atoms with E-state index in [9.17, 15) is 4.79 Å². The summed E-state index contributed by atoms with van der Waals surface area (Å²) in [6, 6.07) is 26.5. The van der Waals surface area contributed by atoms with Crippen LogP contribution in [0.2, 0.25) is 5.02 Å². The van der Waals surface area contributed by atoms with Crippen molar-refractivity contribution in [3.8, 4) is 5.75 Å². The summed E-state index contributed by atoms with van der Waals surface area (Å²) in [6.07, 6.45) is 1.57. The number of carbonyl (C=O) groups is 1. The third-order valence-corrected chi connectivity index (χ3v) is 5.43. The molecule has 0 unspecified atom stereocenters.